The van der Waals surface area contributed by atoms with Gasteiger partial charge in [0.15, 0.2) is 17.4 Å². The summed E-state index contributed by atoms with van der Waals surface area (Å²) in [5, 5.41) is 5.20. The molecule has 128 valence electrons. The Bertz CT molecular complexity index is 761. The first kappa shape index (κ1) is 17.9. The summed E-state index contributed by atoms with van der Waals surface area (Å²) >= 11 is 1.30. The Morgan fingerprint density at radius 3 is 2.83 bits per heavy atom. The van der Waals surface area contributed by atoms with Gasteiger partial charge in [-0.3, -0.25) is 4.79 Å². The second kappa shape index (κ2) is 7.92. The second-order valence-electron chi connectivity index (χ2n) is 5.24. The van der Waals surface area contributed by atoms with E-state index in [1.165, 1.54) is 11.3 Å². The molecule has 0 fully saturated rings. The molecule has 0 amide bonds. The molecule has 2 heterocycles. The van der Waals surface area contributed by atoms with Crippen molar-refractivity contribution in [2.75, 3.05) is 18.5 Å². The summed E-state index contributed by atoms with van der Waals surface area (Å²) in [7, 11) is 0. The molecule has 0 radical (unpaired) electrons. The lowest BCUT2D eigenvalue weighted by Crippen LogP contribution is -2.15. The lowest BCUT2D eigenvalue weighted by Gasteiger charge is -2.06. The Balaban J connectivity index is 1.97. The molecule has 2 rings (SSSR count). The number of Topliss-reactive ketones (excluding diaryl/α,β-unsaturated/α-hetero) is 1. The Morgan fingerprint density at radius 1 is 1.46 bits per heavy atom. The number of hydrogen-bond acceptors (Lipinski definition) is 6. The Kier molecular flexibility index (Phi) is 5.92. The maximum atomic E-state index is 12.3. The van der Waals surface area contributed by atoms with Crippen LogP contribution < -0.4 is 5.32 Å². The predicted octanol–water partition coefficient (Wildman–Crippen LogP) is 3.22. The molecule has 0 aromatic carbocycles. The van der Waals surface area contributed by atoms with E-state index in [1.54, 1.807) is 11.5 Å². The van der Waals surface area contributed by atoms with Crippen molar-refractivity contribution in [3.05, 3.63) is 46.7 Å². The highest BCUT2D eigenvalue weighted by Crippen LogP contribution is 2.17. The lowest BCUT2D eigenvalue weighted by atomic mass is 10.1. The molecule has 0 bridgehead atoms. The van der Waals surface area contributed by atoms with Gasteiger partial charge in [-0.05, 0) is 26.8 Å². The average molecular weight is 347 g/mol. The van der Waals surface area contributed by atoms with Crippen molar-refractivity contribution < 1.29 is 14.3 Å². The lowest BCUT2D eigenvalue weighted by molar-refractivity contribution is 0.0469. The summed E-state index contributed by atoms with van der Waals surface area (Å²) < 4.78 is 7.15. The van der Waals surface area contributed by atoms with Crippen LogP contribution in [0.3, 0.4) is 0 Å². The number of thiazole rings is 1. The van der Waals surface area contributed by atoms with Crippen molar-refractivity contribution in [2.45, 2.75) is 27.3 Å². The molecule has 0 aliphatic heterocycles. The second-order valence-corrected chi connectivity index (χ2v) is 6.09. The monoisotopic (exact) mass is 347 g/mol. The SMILES string of the molecule is C=CCNc1nc(C(=O)OCC(=O)c2cc(C)n(CC)c2C)cs1. The zero-order valence-electron chi connectivity index (χ0n) is 14.1. The molecule has 0 saturated heterocycles. The van der Waals surface area contributed by atoms with Crippen LogP contribution in [-0.4, -0.2) is 34.5 Å². The number of aryl methyl sites for hydroxylation is 1. The standard InChI is InChI=1S/C17H21N3O3S/c1-5-7-18-17-19-14(10-24-17)16(22)23-9-15(21)13-8-11(3)20(6-2)12(13)4/h5,8,10H,1,6-7,9H2,2-4H3,(H,18,19). The third kappa shape index (κ3) is 3.91. The molecular formula is C17H21N3O3S. The fourth-order valence-electron chi connectivity index (χ4n) is 2.46. The summed E-state index contributed by atoms with van der Waals surface area (Å²) in [4.78, 5) is 28.4. The summed E-state index contributed by atoms with van der Waals surface area (Å²) in [5.74, 6) is -0.813. The first-order chi connectivity index (χ1) is 11.5. The van der Waals surface area contributed by atoms with E-state index in [4.69, 9.17) is 4.74 Å². The van der Waals surface area contributed by atoms with Gasteiger partial charge in [0, 0.05) is 35.4 Å². The van der Waals surface area contributed by atoms with E-state index in [2.05, 4.69) is 16.9 Å². The van der Waals surface area contributed by atoms with Crippen molar-refractivity contribution in [1.29, 1.82) is 0 Å². The van der Waals surface area contributed by atoms with Crippen LogP contribution in [0, 0.1) is 13.8 Å². The number of nitrogens with one attached hydrogen (secondary N) is 1. The Labute approximate surface area is 145 Å². The summed E-state index contributed by atoms with van der Waals surface area (Å²) in [5.41, 5.74) is 2.69. The van der Waals surface area contributed by atoms with Crippen LogP contribution in [0.15, 0.2) is 24.1 Å². The predicted molar refractivity (Wildman–Crippen MR) is 95.0 cm³/mol. The zero-order valence-corrected chi connectivity index (χ0v) is 14.9. The third-order valence-electron chi connectivity index (χ3n) is 3.64. The average Bonchev–Trinajstić information content (AvgIpc) is 3.15. The van der Waals surface area contributed by atoms with Crippen LogP contribution in [0.4, 0.5) is 5.13 Å². The normalized spacial score (nSPS) is 10.5. The first-order valence-electron chi connectivity index (χ1n) is 7.65. The molecule has 0 aliphatic rings. The molecule has 7 heteroatoms. The van der Waals surface area contributed by atoms with Crippen LogP contribution in [-0.2, 0) is 11.3 Å². The minimum absolute atomic E-state index is 0.193. The molecule has 1 N–H and O–H groups in total. The number of esters is 1. The molecule has 0 unspecified atom stereocenters. The first-order valence-corrected chi connectivity index (χ1v) is 8.53. The largest absolute Gasteiger partial charge is 0.453 e. The number of carbonyl (C=O) groups excluding carboxylic acids is 2. The molecule has 0 saturated carbocycles. The Morgan fingerprint density at radius 2 is 2.21 bits per heavy atom. The number of aromatic nitrogens is 2. The van der Waals surface area contributed by atoms with E-state index in [9.17, 15) is 9.59 Å². The fourth-order valence-corrected chi connectivity index (χ4v) is 3.15. The van der Waals surface area contributed by atoms with Gasteiger partial charge in [0.25, 0.3) is 0 Å². The van der Waals surface area contributed by atoms with Crippen LogP contribution in [0.5, 0.6) is 0 Å². The maximum absolute atomic E-state index is 12.3. The number of ether oxygens (including phenoxy) is 1. The number of carbonyl (C=O) groups is 2. The van der Waals surface area contributed by atoms with Gasteiger partial charge in [-0.25, -0.2) is 9.78 Å². The number of rotatable bonds is 8. The van der Waals surface area contributed by atoms with Crippen molar-refractivity contribution in [3.63, 3.8) is 0 Å². The summed E-state index contributed by atoms with van der Waals surface area (Å²) in [6.45, 7) is 10.5. The maximum Gasteiger partial charge on any atom is 0.358 e. The molecule has 2 aromatic heterocycles. The van der Waals surface area contributed by atoms with Crippen LogP contribution in [0.2, 0.25) is 0 Å². The van der Waals surface area contributed by atoms with Gasteiger partial charge in [-0.2, -0.15) is 0 Å². The van der Waals surface area contributed by atoms with Gasteiger partial charge in [-0.1, -0.05) is 6.08 Å². The van der Waals surface area contributed by atoms with E-state index >= 15 is 0 Å². The molecular weight excluding hydrogens is 326 g/mol. The van der Waals surface area contributed by atoms with E-state index in [0.717, 1.165) is 17.9 Å². The van der Waals surface area contributed by atoms with Gasteiger partial charge < -0.3 is 14.6 Å². The van der Waals surface area contributed by atoms with Gasteiger partial charge in [0.1, 0.15) is 0 Å². The van der Waals surface area contributed by atoms with Crippen molar-refractivity contribution in [2.24, 2.45) is 0 Å². The molecule has 0 spiro atoms. The highest BCUT2D eigenvalue weighted by Gasteiger charge is 2.18. The van der Waals surface area contributed by atoms with Gasteiger partial charge in [-0.15, -0.1) is 17.9 Å². The zero-order chi connectivity index (χ0) is 17.7. The molecule has 6 nitrogen and oxygen atoms in total. The van der Waals surface area contributed by atoms with Gasteiger partial charge >= 0.3 is 5.97 Å². The molecule has 0 aliphatic carbocycles. The highest BCUT2D eigenvalue weighted by atomic mass is 32.1. The van der Waals surface area contributed by atoms with Crippen LogP contribution >= 0.6 is 11.3 Å². The van der Waals surface area contributed by atoms with Crippen molar-refractivity contribution >= 4 is 28.2 Å². The van der Waals surface area contributed by atoms with E-state index in [0.29, 0.717) is 17.2 Å². The number of nitrogens with zero attached hydrogens (tertiary/aromatic N) is 2. The topological polar surface area (TPSA) is 73.2 Å². The highest BCUT2D eigenvalue weighted by molar-refractivity contribution is 7.13. The van der Waals surface area contributed by atoms with E-state index in [-0.39, 0.29) is 18.1 Å². The molecule has 24 heavy (non-hydrogen) atoms. The molecule has 2 aromatic rings. The van der Waals surface area contributed by atoms with Crippen molar-refractivity contribution in [3.8, 4) is 0 Å². The van der Waals surface area contributed by atoms with E-state index in [1.807, 2.05) is 31.4 Å². The number of hydrogen-bond donors (Lipinski definition) is 1. The fraction of sp³-hybridized carbons (Fsp3) is 0.353. The summed E-state index contributed by atoms with van der Waals surface area (Å²) in [6, 6.07) is 1.83. The smallest absolute Gasteiger partial charge is 0.358 e. The Hall–Kier alpha value is -2.41. The number of ketones is 1. The minimum Gasteiger partial charge on any atom is -0.453 e. The number of anilines is 1. The minimum atomic E-state index is -0.601. The van der Waals surface area contributed by atoms with Gasteiger partial charge in [0.2, 0.25) is 5.78 Å². The summed E-state index contributed by atoms with van der Waals surface area (Å²) in [6.07, 6.45) is 1.70. The van der Waals surface area contributed by atoms with Crippen LogP contribution in [0.1, 0.15) is 39.2 Å². The van der Waals surface area contributed by atoms with E-state index < -0.39 is 5.97 Å². The quantitative estimate of drug-likeness (QED) is 0.451. The van der Waals surface area contributed by atoms with Gasteiger partial charge in [0.05, 0.1) is 0 Å². The van der Waals surface area contributed by atoms with Crippen LogP contribution in [0.25, 0.3) is 0 Å². The molecule has 0 atom stereocenters. The third-order valence-corrected chi connectivity index (χ3v) is 4.44. The van der Waals surface area contributed by atoms with Crippen molar-refractivity contribution in [1.82, 2.24) is 9.55 Å².